The van der Waals surface area contributed by atoms with E-state index in [2.05, 4.69) is 15.3 Å². The molecule has 0 unspecified atom stereocenters. The number of Topliss-reactive ketones (excluding diaryl/α,β-unsaturated/α-hetero) is 2. The van der Waals surface area contributed by atoms with Crippen LogP contribution in [0, 0.1) is 5.92 Å². The first kappa shape index (κ1) is 28.1. The summed E-state index contributed by atoms with van der Waals surface area (Å²) < 4.78 is 12.5. The second kappa shape index (κ2) is 11.1. The molecule has 44 heavy (non-hydrogen) atoms. The Morgan fingerprint density at radius 1 is 1.09 bits per heavy atom. The lowest BCUT2D eigenvalue weighted by Gasteiger charge is -2.45. The van der Waals surface area contributed by atoms with Gasteiger partial charge in [0.15, 0.2) is 11.6 Å². The maximum atomic E-state index is 14.6. The molecule has 224 valence electrons. The number of ketones is 2. The van der Waals surface area contributed by atoms with Crippen molar-refractivity contribution in [3.05, 3.63) is 77.5 Å². The van der Waals surface area contributed by atoms with Crippen LogP contribution in [0.5, 0.6) is 11.5 Å². The standard InChI is InChI=1S/C33H31N5O6/c34-32(42)21-13-20(16-36-17-21)19-3-4-25-23(14-19)30(40)27(33(44-25)6-9-35-10-7-33)31(41)24-15-26(43-12-11-39)22-5-8-37-28(18-1-2-18)29(22)38-24/h3-5,8,13-18,27,35,39H,1-2,6-7,9-12H2,(H2,34,42)/t27-/m1/s1. The lowest BCUT2D eigenvalue weighted by Crippen LogP contribution is -2.58. The number of fused-ring (bicyclic) bond motifs is 2. The molecule has 3 aromatic heterocycles. The van der Waals surface area contributed by atoms with Gasteiger partial charge >= 0.3 is 0 Å². The van der Waals surface area contributed by atoms with Crippen molar-refractivity contribution in [3.63, 3.8) is 0 Å². The average molecular weight is 594 g/mol. The van der Waals surface area contributed by atoms with Gasteiger partial charge in [-0.2, -0.15) is 0 Å². The van der Waals surface area contributed by atoms with E-state index in [4.69, 9.17) is 20.2 Å². The minimum Gasteiger partial charge on any atom is -0.490 e. The first-order chi connectivity index (χ1) is 21.4. The van der Waals surface area contributed by atoms with E-state index in [0.717, 1.165) is 18.5 Å². The molecule has 4 aromatic rings. The molecule has 1 saturated carbocycles. The third-order valence-corrected chi connectivity index (χ3v) is 8.70. The van der Waals surface area contributed by atoms with E-state index in [0.29, 0.717) is 59.5 Å². The number of rotatable bonds is 8. The van der Waals surface area contributed by atoms with Crippen LogP contribution in [0.3, 0.4) is 0 Å². The number of carbonyl (C=O) groups is 3. The van der Waals surface area contributed by atoms with Gasteiger partial charge in [-0.3, -0.25) is 24.4 Å². The fourth-order valence-corrected chi connectivity index (χ4v) is 6.34. The zero-order chi connectivity index (χ0) is 30.4. The number of nitrogens with zero attached hydrogens (tertiary/aromatic N) is 3. The number of aliphatic hydroxyl groups excluding tert-OH is 1. The van der Waals surface area contributed by atoms with Crippen molar-refractivity contribution in [2.45, 2.75) is 37.2 Å². The molecular weight excluding hydrogens is 562 g/mol. The number of nitrogens with one attached hydrogen (secondary N) is 1. The number of aliphatic hydroxyl groups is 1. The Hall–Kier alpha value is -4.74. The minimum absolute atomic E-state index is 0.0386. The highest BCUT2D eigenvalue weighted by Crippen LogP contribution is 2.46. The van der Waals surface area contributed by atoms with Crippen molar-refractivity contribution in [3.8, 4) is 22.6 Å². The number of pyridine rings is 3. The average Bonchev–Trinajstić information content (AvgIpc) is 3.89. The molecule has 11 nitrogen and oxygen atoms in total. The monoisotopic (exact) mass is 593 g/mol. The van der Waals surface area contributed by atoms with E-state index >= 15 is 0 Å². The first-order valence-corrected chi connectivity index (χ1v) is 14.8. The number of carbonyl (C=O) groups excluding carboxylic acids is 3. The van der Waals surface area contributed by atoms with Gasteiger partial charge in [-0.15, -0.1) is 0 Å². The largest absolute Gasteiger partial charge is 0.490 e. The van der Waals surface area contributed by atoms with Gasteiger partial charge in [0.25, 0.3) is 0 Å². The molecular formula is C33H31N5O6. The Labute approximate surface area is 252 Å². The number of piperidine rings is 1. The molecule has 1 atom stereocenters. The van der Waals surface area contributed by atoms with Gasteiger partial charge in [0, 0.05) is 54.4 Å². The lowest BCUT2D eigenvalue weighted by atomic mass is 9.71. The Bertz CT molecular complexity index is 1810. The van der Waals surface area contributed by atoms with E-state index in [9.17, 15) is 19.5 Å². The van der Waals surface area contributed by atoms with Crippen molar-refractivity contribution < 1.29 is 29.0 Å². The van der Waals surface area contributed by atoms with Gasteiger partial charge in [-0.1, -0.05) is 6.07 Å². The van der Waals surface area contributed by atoms with Gasteiger partial charge in [0.1, 0.15) is 35.3 Å². The number of aromatic nitrogens is 3. The van der Waals surface area contributed by atoms with Crippen LogP contribution in [0.4, 0.5) is 0 Å². The minimum atomic E-state index is -1.15. The number of amides is 1. The van der Waals surface area contributed by atoms with Crippen LogP contribution in [0.25, 0.3) is 22.0 Å². The summed E-state index contributed by atoms with van der Waals surface area (Å²) in [6.07, 6.45) is 7.55. The van der Waals surface area contributed by atoms with E-state index in [1.165, 1.54) is 6.20 Å². The molecule has 0 bridgehead atoms. The molecule has 3 aliphatic rings. The van der Waals surface area contributed by atoms with Gasteiger partial charge in [-0.25, -0.2) is 4.98 Å². The molecule has 1 aromatic carbocycles. The Morgan fingerprint density at radius 2 is 1.91 bits per heavy atom. The molecule has 1 aliphatic carbocycles. The maximum Gasteiger partial charge on any atom is 0.250 e. The predicted molar refractivity (Wildman–Crippen MR) is 160 cm³/mol. The highest BCUT2D eigenvalue weighted by Gasteiger charge is 2.54. The van der Waals surface area contributed by atoms with Crippen molar-refractivity contribution in [2.24, 2.45) is 11.7 Å². The van der Waals surface area contributed by atoms with E-state index in [1.54, 1.807) is 48.8 Å². The first-order valence-electron chi connectivity index (χ1n) is 14.8. The molecule has 1 spiro atoms. The zero-order valence-electron chi connectivity index (χ0n) is 23.9. The molecule has 1 amide bonds. The Balaban J connectivity index is 1.34. The third kappa shape index (κ3) is 4.87. The van der Waals surface area contributed by atoms with E-state index < -0.39 is 23.2 Å². The summed E-state index contributed by atoms with van der Waals surface area (Å²) in [5, 5.41) is 13.5. The summed E-state index contributed by atoms with van der Waals surface area (Å²) in [5.41, 5.74) is 7.61. The second-order valence-electron chi connectivity index (χ2n) is 11.6. The smallest absolute Gasteiger partial charge is 0.250 e. The maximum absolute atomic E-state index is 14.6. The van der Waals surface area contributed by atoms with Crippen molar-refractivity contribution >= 4 is 28.4 Å². The van der Waals surface area contributed by atoms with Crippen molar-refractivity contribution in [1.82, 2.24) is 20.3 Å². The van der Waals surface area contributed by atoms with Crippen LogP contribution in [0.1, 0.15) is 68.5 Å². The third-order valence-electron chi connectivity index (χ3n) is 8.70. The molecule has 2 aliphatic heterocycles. The van der Waals surface area contributed by atoms with Gasteiger partial charge in [0.2, 0.25) is 5.91 Å². The summed E-state index contributed by atoms with van der Waals surface area (Å²) in [5.74, 6) is -1.50. The number of ether oxygens (including phenoxy) is 2. The van der Waals surface area contributed by atoms with Crippen molar-refractivity contribution in [1.29, 1.82) is 0 Å². The van der Waals surface area contributed by atoms with Crippen LogP contribution in [-0.4, -0.2) is 69.4 Å². The van der Waals surface area contributed by atoms with Gasteiger partial charge in [0.05, 0.1) is 28.9 Å². The normalized spacial score (nSPS) is 18.9. The topological polar surface area (TPSA) is 167 Å². The van der Waals surface area contributed by atoms with E-state index in [-0.39, 0.29) is 41.7 Å². The Morgan fingerprint density at radius 3 is 2.66 bits per heavy atom. The number of hydrogen-bond acceptors (Lipinski definition) is 10. The number of primary amides is 1. The quantitative estimate of drug-likeness (QED) is 0.204. The van der Waals surface area contributed by atoms with Gasteiger partial charge < -0.3 is 25.6 Å². The SMILES string of the molecule is NC(=O)c1cncc(-c2ccc3c(c2)C(=O)[C@H](C(=O)c2cc(OCCO)c4ccnc(C5CC5)c4n2)C2(CCNCC2)O3)c1. The second-order valence-corrected chi connectivity index (χ2v) is 11.6. The molecule has 11 heteroatoms. The van der Waals surface area contributed by atoms with Crippen LogP contribution in [0.2, 0.25) is 0 Å². The molecule has 0 radical (unpaired) electrons. The lowest BCUT2D eigenvalue weighted by molar-refractivity contribution is -0.0139. The fraction of sp³-hybridized carbons (Fsp3) is 0.333. The van der Waals surface area contributed by atoms with Crippen molar-refractivity contribution in [2.75, 3.05) is 26.3 Å². The predicted octanol–water partition coefficient (Wildman–Crippen LogP) is 3.24. The Kier molecular flexibility index (Phi) is 7.06. The van der Waals surface area contributed by atoms with E-state index in [1.807, 2.05) is 0 Å². The van der Waals surface area contributed by atoms with Crippen LogP contribution in [0.15, 0.2) is 55.0 Å². The summed E-state index contributed by atoms with van der Waals surface area (Å²) in [6, 6.07) is 10.2. The molecule has 7 rings (SSSR count). The van der Waals surface area contributed by atoms with Crippen LogP contribution < -0.4 is 20.5 Å². The summed E-state index contributed by atoms with van der Waals surface area (Å²) in [4.78, 5) is 54.3. The molecule has 4 N–H and O–H groups in total. The van der Waals surface area contributed by atoms with Crippen LogP contribution >= 0.6 is 0 Å². The number of nitrogens with two attached hydrogens (primary N) is 1. The molecule has 2 fully saturated rings. The van der Waals surface area contributed by atoms with Crippen LogP contribution in [-0.2, 0) is 0 Å². The summed E-state index contributed by atoms with van der Waals surface area (Å²) in [7, 11) is 0. The highest BCUT2D eigenvalue weighted by atomic mass is 16.5. The van der Waals surface area contributed by atoms with Gasteiger partial charge in [-0.05, 0) is 55.8 Å². The molecule has 5 heterocycles. The molecule has 1 saturated heterocycles. The number of hydrogen-bond donors (Lipinski definition) is 3. The zero-order valence-corrected chi connectivity index (χ0v) is 23.9. The summed E-state index contributed by atoms with van der Waals surface area (Å²) >= 11 is 0. The summed E-state index contributed by atoms with van der Waals surface area (Å²) in [6.45, 7) is 1.01. The highest BCUT2D eigenvalue weighted by molar-refractivity contribution is 6.19. The number of benzene rings is 1. The fourth-order valence-electron chi connectivity index (χ4n) is 6.34.